The molecule has 14 heavy (non-hydrogen) atoms. The predicted molar refractivity (Wildman–Crippen MR) is 50.6 cm³/mol. The highest BCUT2D eigenvalue weighted by atomic mass is 19.1. The summed E-state index contributed by atoms with van der Waals surface area (Å²) in [6, 6.07) is 5.78. The summed E-state index contributed by atoms with van der Waals surface area (Å²) in [5, 5.41) is 0. The molecule has 0 heterocycles. The van der Waals surface area contributed by atoms with Gasteiger partial charge in [-0.1, -0.05) is 19.1 Å². The van der Waals surface area contributed by atoms with Crippen LogP contribution in [-0.2, 0) is 4.79 Å². The van der Waals surface area contributed by atoms with E-state index in [2.05, 4.69) is 0 Å². The third-order valence-electron chi connectivity index (χ3n) is 1.91. The van der Waals surface area contributed by atoms with Crippen LogP contribution < -0.4 is 0 Å². The third kappa shape index (κ3) is 2.49. The van der Waals surface area contributed by atoms with Gasteiger partial charge in [0.2, 0.25) is 0 Å². The van der Waals surface area contributed by atoms with Crippen LogP contribution in [0.3, 0.4) is 0 Å². The topological polar surface area (TPSA) is 34.1 Å². The molecule has 0 aromatic heterocycles. The van der Waals surface area contributed by atoms with E-state index in [1.54, 1.807) is 13.0 Å². The van der Waals surface area contributed by atoms with Gasteiger partial charge in [-0.25, -0.2) is 4.39 Å². The van der Waals surface area contributed by atoms with Crippen molar-refractivity contribution in [2.45, 2.75) is 13.3 Å². The SMILES string of the molecule is CC(C=O)CC(=O)c1ccccc1F. The Labute approximate surface area is 81.7 Å². The smallest absolute Gasteiger partial charge is 0.166 e. The van der Waals surface area contributed by atoms with Crippen LogP contribution in [-0.4, -0.2) is 12.1 Å². The molecule has 0 aliphatic heterocycles. The molecule has 1 rings (SSSR count). The first kappa shape index (κ1) is 10.6. The summed E-state index contributed by atoms with van der Waals surface area (Å²) in [6.07, 6.45) is 0.753. The quantitative estimate of drug-likeness (QED) is 0.544. The minimum Gasteiger partial charge on any atom is -0.303 e. The van der Waals surface area contributed by atoms with E-state index in [-0.39, 0.29) is 23.7 Å². The number of aldehydes is 1. The molecule has 0 bridgehead atoms. The third-order valence-corrected chi connectivity index (χ3v) is 1.91. The van der Waals surface area contributed by atoms with Crippen LogP contribution in [0.15, 0.2) is 24.3 Å². The number of carbonyl (C=O) groups is 2. The van der Waals surface area contributed by atoms with Gasteiger partial charge in [-0.2, -0.15) is 0 Å². The number of ketones is 1. The van der Waals surface area contributed by atoms with Gasteiger partial charge < -0.3 is 4.79 Å². The van der Waals surface area contributed by atoms with Crippen molar-refractivity contribution in [3.63, 3.8) is 0 Å². The van der Waals surface area contributed by atoms with Gasteiger partial charge >= 0.3 is 0 Å². The maximum atomic E-state index is 13.1. The fourth-order valence-electron chi connectivity index (χ4n) is 1.14. The highest BCUT2D eigenvalue weighted by Gasteiger charge is 2.13. The summed E-state index contributed by atoms with van der Waals surface area (Å²) >= 11 is 0. The van der Waals surface area contributed by atoms with Gasteiger partial charge in [0, 0.05) is 12.3 Å². The van der Waals surface area contributed by atoms with Crippen LogP contribution in [0.2, 0.25) is 0 Å². The maximum Gasteiger partial charge on any atom is 0.166 e. The first-order chi connectivity index (χ1) is 6.65. The van der Waals surface area contributed by atoms with E-state index in [0.29, 0.717) is 6.29 Å². The van der Waals surface area contributed by atoms with Crippen LogP contribution in [0.25, 0.3) is 0 Å². The molecule has 0 spiro atoms. The number of halogens is 1. The zero-order chi connectivity index (χ0) is 10.6. The zero-order valence-electron chi connectivity index (χ0n) is 7.87. The molecule has 1 aromatic carbocycles. The average Bonchev–Trinajstić information content (AvgIpc) is 2.18. The second-order valence-electron chi connectivity index (χ2n) is 3.22. The average molecular weight is 194 g/mol. The van der Waals surface area contributed by atoms with Crippen molar-refractivity contribution in [2.75, 3.05) is 0 Å². The van der Waals surface area contributed by atoms with Gasteiger partial charge in [-0.3, -0.25) is 4.79 Å². The first-order valence-corrected chi connectivity index (χ1v) is 4.38. The molecular weight excluding hydrogens is 183 g/mol. The molecule has 0 amide bonds. The van der Waals surface area contributed by atoms with Gasteiger partial charge in [-0.05, 0) is 12.1 Å². The number of hydrogen-bond donors (Lipinski definition) is 0. The van der Waals surface area contributed by atoms with Crippen molar-refractivity contribution in [3.8, 4) is 0 Å². The number of rotatable bonds is 4. The number of benzene rings is 1. The number of Topliss-reactive ketones (excluding diaryl/α,β-unsaturated/α-hetero) is 1. The molecule has 1 atom stereocenters. The van der Waals surface area contributed by atoms with Crippen molar-refractivity contribution in [1.82, 2.24) is 0 Å². The molecule has 0 radical (unpaired) electrons. The van der Waals surface area contributed by atoms with Gasteiger partial charge in [0.1, 0.15) is 12.1 Å². The molecule has 1 unspecified atom stereocenters. The molecule has 2 nitrogen and oxygen atoms in total. The van der Waals surface area contributed by atoms with E-state index in [4.69, 9.17) is 0 Å². The van der Waals surface area contributed by atoms with Gasteiger partial charge in [0.05, 0.1) is 5.56 Å². The normalized spacial score (nSPS) is 12.1. The van der Waals surface area contributed by atoms with E-state index in [9.17, 15) is 14.0 Å². The van der Waals surface area contributed by atoms with Crippen molar-refractivity contribution in [1.29, 1.82) is 0 Å². The Morgan fingerprint density at radius 2 is 2.14 bits per heavy atom. The fraction of sp³-hybridized carbons (Fsp3) is 0.273. The minimum absolute atomic E-state index is 0.0567. The lowest BCUT2D eigenvalue weighted by Gasteiger charge is -2.03. The van der Waals surface area contributed by atoms with E-state index in [1.165, 1.54) is 18.2 Å². The van der Waals surface area contributed by atoms with E-state index in [1.807, 2.05) is 0 Å². The Kier molecular flexibility index (Phi) is 3.51. The minimum atomic E-state index is -0.532. The molecule has 0 saturated heterocycles. The highest BCUT2D eigenvalue weighted by Crippen LogP contribution is 2.11. The molecule has 0 fully saturated rings. The lowest BCUT2D eigenvalue weighted by Crippen LogP contribution is -2.08. The molecule has 0 aliphatic carbocycles. The Bertz CT molecular complexity index is 347. The summed E-state index contributed by atoms with van der Waals surface area (Å²) in [7, 11) is 0. The van der Waals surface area contributed by atoms with Crippen molar-refractivity contribution in [2.24, 2.45) is 5.92 Å². The Morgan fingerprint density at radius 1 is 1.50 bits per heavy atom. The van der Waals surface area contributed by atoms with E-state index < -0.39 is 5.82 Å². The molecule has 0 aliphatic rings. The van der Waals surface area contributed by atoms with Crippen LogP contribution in [0.4, 0.5) is 4.39 Å². The van der Waals surface area contributed by atoms with Crippen molar-refractivity contribution >= 4 is 12.1 Å². The predicted octanol–water partition coefficient (Wildman–Crippen LogP) is 2.23. The van der Waals surface area contributed by atoms with Crippen LogP contribution in [0.1, 0.15) is 23.7 Å². The van der Waals surface area contributed by atoms with E-state index in [0.717, 1.165) is 0 Å². The summed E-state index contributed by atoms with van der Waals surface area (Å²) in [5.41, 5.74) is 0.0567. The second kappa shape index (κ2) is 4.65. The van der Waals surface area contributed by atoms with Gasteiger partial charge in [-0.15, -0.1) is 0 Å². The summed E-state index contributed by atoms with van der Waals surface area (Å²) in [5.74, 6) is -1.22. The Morgan fingerprint density at radius 3 is 2.71 bits per heavy atom. The largest absolute Gasteiger partial charge is 0.303 e. The molecule has 0 N–H and O–H groups in total. The molecule has 1 aromatic rings. The van der Waals surface area contributed by atoms with Gasteiger partial charge in [0.15, 0.2) is 5.78 Å². The summed E-state index contributed by atoms with van der Waals surface area (Å²) in [6.45, 7) is 1.63. The van der Waals surface area contributed by atoms with Crippen molar-refractivity contribution < 1.29 is 14.0 Å². The second-order valence-corrected chi connectivity index (χ2v) is 3.22. The summed E-state index contributed by atoms with van der Waals surface area (Å²) in [4.78, 5) is 21.7. The van der Waals surface area contributed by atoms with Crippen LogP contribution in [0, 0.1) is 11.7 Å². The molecule has 74 valence electrons. The Balaban J connectivity index is 2.80. The molecule has 0 saturated carbocycles. The standard InChI is InChI=1S/C11H11FO2/c1-8(7-13)6-11(14)9-4-2-3-5-10(9)12/h2-5,7-8H,6H2,1H3. The lowest BCUT2D eigenvalue weighted by molar-refractivity contribution is -0.110. The van der Waals surface area contributed by atoms with E-state index >= 15 is 0 Å². The highest BCUT2D eigenvalue weighted by molar-refractivity contribution is 5.97. The number of hydrogen-bond acceptors (Lipinski definition) is 2. The molecular formula is C11H11FO2. The Hall–Kier alpha value is -1.51. The summed E-state index contributed by atoms with van der Waals surface area (Å²) < 4.78 is 13.1. The molecule has 3 heteroatoms. The van der Waals surface area contributed by atoms with Crippen LogP contribution >= 0.6 is 0 Å². The monoisotopic (exact) mass is 194 g/mol. The lowest BCUT2D eigenvalue weighted by atomic mass is 10.0. The van der Waals surface area contributed by atoms with Crippen LogP contribution in [0.5, 0.6) is 0 Å². The maximum absolute atomic E-state index is 13.1. The fourth-order valence-corrected chi connectivity index (χ4v) is 1.14. The zero-order valence-corrected chi connectivity index (χ0v) is 7.87. The van der Waals surface area contributed by atoms with Gasteiger partial charge in [0.25, 0.3) is 0 Å². The number of carbonyl (C=O) groups excluding carboxylic acids is 2. The first-order valence-electron chi connectivity index (χ1n) is 4.38. The van der Waals surface area contributed by atoms with Crippen molar-refractivity contribution in [3.05, 3.63) is 35.6 Å².